The molecule has 2 rings (SSSR count). The Morgan fingerprint density at radius 3 is 2.75 bits per heavy atom. The maximum absolute atomic E-state index is 14.1. The Labute approximate surface area is 72.9 Å². The third kappa shape index (κ3) is 1.48. The second-order valence-electron chi connectivity index (χ2n) is 3.96. The van der Waals surface area contributed by atoms with Gasteiger partial charge in [-0.05, 0) is 32.4 Å². The van der Waals surface area contributed by atoms with Crippen LogP contribution in [0.2, 0.25) is 0 Å². The van der Waals surface area contributed by atoms with E-state index in [4.69, 9.17) is 0 Å². The van der Waals surface area contributed by atoms with Crippen LogP contribution < -0.4 is 10.6 Å². The normalized spacial score (nSPS) is 43.2. The Balaban J connectivity index is 1.96. The summed E-state index contributed by atoms with van der Waals surface area (Å²) in [5.41, 5.74) is -0.958. The Kier molecular flexibility index (Phi) is 2.33. The first-order valence-corrected chi connectivity index (χ1v) is 4.94. The molecule has 2 atom stereocenters. The largest absolute Gasteiger partial charge is 0.313 e. The van der Waals surface area contributed by atoms with E-state index < -0.39 is 5.67 Å². The molecule has 0 saturated carbocycles. The predicted octanol–water partition coefficient (Wildman–Crippen LogP) is 0.830. The summed E-state index contributed by atoms with van der Waals surface area (Å²) in [6.45, 7) is 2.38. The molecule has 0 bridgehead atoms. The van der Waals surface area contributed by atoms with Gasteiger partial charge < -0.3 is 10.6 Å². The smallest absolute Gasteiger partial charge is 0.139 e. The predicted molar refractivity (Wildman–Crippen MR) is 47.0 cm³/mol. The van der Waals surface area contributed by atoms with E-state index in [-0.39, 0.29) is 6.04 Å². The average molecular weight is 172 g/mol. The van der Waals surface area contributed by atoms with Crippen LogP contribution in [-0.2, 0) is 0 Å². The molecular formula is C9H17FN2. The SMILES string of the molecule is FC1(C2CCCCN2)CCNC1. The molecule has 0 aromatic carbocycles. The van der Waals surface area contributed by atoms with E-state index in [1.54, 1.807) is 0 Å². The highest BCUT2D eigenvalue weighted by Gasteiger charge is 2.41. The zero-order chi connectivity index (χ0) is 8.44. The first-order chi connectivity index (χ1) is 5.81. The van der Waals surface area contributed by atoms with Gasteiger partial charge in [-0.1, -0.05) is 6.42 Å². The van der Waals surface area contributed by atoms with Crippen LogP contribution in [0.1, 0.15) is 25.7 Å². The zero-order valence-electron chi connectivity index (χ0n) is 7.41. The number of hydrogen-bond donors (Lipinski definition) is 2. The standard InChI is InChI=1S/C9H17FN2/c10-9(4-6-11-7-9)8-3-1-2-5-12-8/h8,11-12H,1-7H2. The van der Waals surface area contributed by atoms with E-state index in [2.05, 4.69) is 10.6 Å². The van der Waals surface area contributed by atoms with Gasteiger partial charge in [0, 0.05) is 12.6 Å². The maximum atomic E-state index is 14.1. The van der Waals surface area contributed by atoms with Crippen molar-refractivity contribution in [3.05, 3.63) is 0 Å². The molecule has 2 fully saturated rings. The number of piperidine rings is 1. The van der Waals surface area contributed by atoms with Gasteiger partial charge in [0.05, 0.1) is 0 Å². The van der Waals surface area contributed by atoms with Gasteiger partial charge in [0.25, 0.3) is 0 Å². The molecule has 2 aliphatic heterocycles. The van der Waals surface area contributed by atoms with Crippen molar-refractivity contribution < 1.29 is 4.39 Å². The summed E-state index contributed by atoms with van der Waals surface area (Å²) < 4.78 is 14.1. The number of nitrogens with one attached hydrogen (secondary N) is 2. The van der Waals surface area contributed by atoms with Gasteiger partial charge in [0.1, 0.15) is 5.67 Å². The fourth-order valence-corrected chi connectivity index (χ4v) is 2.27. The Morgan fingerprint density at radius 1 is 1.25 bits per heavy atom. The fraction of sp³-hybridized carbons (Fsp3) is 1.00. The Bertz CT molecular complexity index is 149. The van der Waals surface area contributed by atoms with Crippen LogP contribution in [0.4, 0.5) is 4.39 Å². The molecule has 2 aliphatic rings. The van der Waals surface area contributed by atoms with Crippen LogP contribution in [0.25, 0.3) is 0 Å². The molecule has 2 nitrogen and oxygen atoms in total. The molecule has 0 amide bonds. The Morgan fingerprint density at radius 2 is 2.17 bits per heavy atom. The van der Waals surface area contributed by atoms with Crippen LogP contribution in [-0.4, -0.2) is 31.3 Å². The van der Waals surface area contributed by atoms with Crippen molar-refractivity contribution in [3.63, 3.8) is 0 Å². The zero-order valence-corrected chi connectivity index (χ0v) is 7.41. The average Bonchev–Trinajstić information content (AvgIpc) is 2.55. The van der Waals surface area contributed by atoms with Gasteiger partial charge in [-0.3, -0.25) is 0 Å². The summed E-state index contributed by atoms with van der Waals surface area (Å²) in [5, 5.41) is 6.38. The van der Waals surface area contributed by atoms with Crippen LogP contribution >= 0.6 is 0 Å². The second kappa shape index (κ2) is 3.30. The molecule has 0 aromatic heterocycles. The lowest BCUT2D eigenvalue weighted by Crippen LogP contribution is -2.51. The van der Waals surface area contributed by atoms with E-state index in [1.807, 2.05) is 0 Å². The van der Waals surface area contributed by atoms with Gasteiger partial charge in [0.15, 0.2) is 0 Å². The summed E-state index contributed by atoms with van der Waals surface area (Å²) in [7, 11) is 0. The van der Waals surface area contributed by atoms with E-state index in [0.29, 0.717) is 13.0 Å². The second-order valence-corrected chi connectivity index (χ2v) is 3.96. The molecule has 3 heteroatoms. The molecule has 2 N–H and O–H groups in total. The lowest BCUT2D eigenvalue weighted by molar-refractivity contribution is 0.110. The van der Waals surface area contributed by atoms with Crippen molar-refractivity contribution in [1.82, 2.24) is 10.6 Å². The monoisotopic (exact) mass is 172 g/mol. The highest BCUT2D eigenvalue weighted by Crippen LogP contribution is 2.28. The van der Waals surface area contributed by atoms with Crippen molar-refractivity contribution in [1.29, 1.82) is 0 Å². The van der Waals surface area contributed by atoms with Gasteiger partial charge in [-0.2, -0.15) is 0 Å². The molecule has 12 heavy (non-hydrogen) atoms. The van der Waals surface area contributed by atoms with Crippen molar-refractivity contribution in [2.45, 2.75) is 37.4 Å². The first kappa shape index (κ1) is 8.45. The number of alkyl halides is 1. The molecule has 0 aromatic rings. The molecular weight excluding hydrogens is 155 g/mol. The highest BCUT2D eigenvalue weighted by molar-refractivity contribution is 4.99. The quantitative estimate of drug-likeness (QED) is 0.612. The third-order valence-electron chi connectivity index (χ3n) is 3.07. The first-order valence-electron chi connectivity index (χ1n) is 4.94. The highest BCUT2D eigenvalue weighted by atomic mass is 19.1. The summed E-state index contributed by atoms with van der Waals surface area (Å²) in [4.78, 5) is 0. The third-order valence-corrected chi connectivity index (χ3v) is 3.07. The van der Waals surface area contributed by atoms with Crippen LogP contribution in [0.5, 0.6) is 0 Å². The number of rotatable bonds is 1. The molecule has 2 saturated heterocycles. The van der Waals surface area contributed by atoms with E-state index in [1.165, 1.54) is 12.8 Å². The summed E-state index contributed by atoms with van der Waals surface area (Å²) in [5.74, 6) is 0. The minimum atomic E-state index is -0.958. The maximum Gasteiger partial charge on any atom is 0.139 e. The van der Waals surface area contributed by atoms with Crippen molar-refractivity contribution >= 4 is 0 Å². The van der Waals surface area contributed by atoms with Gasteiger partial charge in [-0.15, -0.1) is 0 Å². The van der Waals surface area contributed by atoms with Crippen molar-refractivity contribution in [2.24, 2.45) is 0 Å². The van der Waals surface area contributed by atoms with Crippen LogP contribution in [0.3, 0.4) is 0 Å². The van der Waals surface area contributed by atoms with Crippen molar-refractivity contribution in [3.8, 4) is 0 Å². The lowest BCUT2D eigenvalue weighted by Gasteiger charge is -2.33. The van der Waals surface area contributed by atoms with E-state index in [9.17, 15) is 4.39 Å². The van der Waals surface area contributed by atoms with Gasteiger partial charge >= 0.3 is 0 Å². The molecule has 70 valence electrons. The summed E-state index contributed by atoms with van der Waals surface area (Å²) in [6, 6.07) is 0.112. The van der Waals surface area contributed by atoms with Crippen LogP contribution in [0, 0.1) is 0 Å². The number of hydrogen-bond acceptors (Lipinski definition) is 2. The minimum absolute atomic E-state index is 0.112. The van der Waals surface area contributed by atoms with E-state index >= 15 is 0 Å². The van der Waals surface area contributed by atoms with E-state index in [0.717, 1.165) is 19.5 Å². The summed E-state index contributed by atoms with van der Waals surface area (Å²) in [6.07, 6.45) is 4.09. The fourth-order valence-electron chi connectivity index (χ4n) is 2.27. The summed E-state index contributed by atoms with van der Waals surface area (Å²) >= 11 is 0. The Hall–Kier alpha value is -0.150. The molecule has 0 aliphatic carbocycles. The van der Waals surface area contributed by atoms with Gasteiger partial charge in [-0.25, -0.2) is 4.39 Å². The lowest BCUT2D eigenvalue weighted by atomic mass is 9.89. The number of halogens is 1. The van der Waals surface area contributed by atoms with Crippen molar-refractivity contribution in [2.75, 3.05) is 19.6 Å². The molecule has 0 radical (unpaired) electrons. The minimum Gasteiger partial charge on any atom is -0.313 e. The topological polar surface area (TPSA) is 24.1 Å². The molecule has 2 unspecified atom stereocenters. The van der Waals surface area contributed by atoms with Crippen LogP contribution in [0.15, 0.2) is 0 Å². The molecule has 0 spiro atoms. The van der Waals surface area contributed by atoms with Gasteiger partial charge in [0.2, 0.25) is 0 Å². The molecule has 2 heterocycles.